The molecule has 0 aliphatic heterocycles. The lowest BCUT2D eigenvalue weighted by Crippen LogP contribution is -2.18. The van der Waals surface area contributed by atoms with Crippen LogP contribution in [0.2, 0.25) is 0 Å². The van der Waals surface area contributed by atoms with Gasteiger partial charge in [0.2, 0.25) is 5.88 Å². The average molecular weight is 206 g/mol. The van der Waals surface area contributed by atoms with Crippen molar-refractivity contribution in [2.75, 3.05) is 0 Å². The summed E-state index contributed by atoms with van der Waals surface area (Å²) in [6, 6.07) is 1.65. The molecule has 0 amide bonds. The van der Waals surface area contributed by atoms with Crippen LogP contribution in [-0.4, -0.2) is 22.1 Å². The number of nitrogens with zero attached hydrogens (tertiary/aromatic N) is 2. The largest absolute Gasteiger partial charge is 0.473 e. The lowest BCUT2D eigenvalue weighted by molar-refractivity contribution is 0.198. The van der Waals surface area contributed by atoms with Crippen molar-refractivity contribution in [1.29, 1.82) is 5.41 Å². The van der Waals surface area contributed by atoms with Gasteiger partial charge in [-0.3, -0.25) is 5.41 Å². The lowest BCUT2D eigenvalue weighted by atomic mass is 10.2. The van der Waals surface area contributed by atoms with E-state index in [0.29, 0.717) is 11.4 Å². The van der Waals surface area contributed by atoms with Crippen LogP contribution in [0.5, 0.6) is 5.88 Å². The maximum absolute atomic E-state index is 7.38. The van der Waals surface area contributed by atoms with Crippen molar-refractivity contribution in [1.82, 2.24) is 10.2 Å². The summed E-state index contributed by atoms with van der Waals surface area (Å²) >= 11 is 0. The Labute approximate surface area is 88.2 Å². The van der Waals surface area contributed by atoms with Crippen LogP contribution in [0.3, 0.4) is 0 Å². The Kier molecular flexibility index (Phi) is 2.80. The van der Waals surface area contributed by atoms with Crippen molar-refractivity contribution in [3.63, 3.8) is 0 Å². The highest BCUT2D eigenvalue weighted by molar-refractivity contribution is 5.96. The van der Waals surface area contributed by atoms with Crippen molar-refractivity contribution in [2.45, 2.75) is 31.8 Å². The molecule has 0 aromatic carbocycles. The number of nitrogens with two attached hydrogens (primary N) is 1. The molecule has 0 unspecified atom stereocenters. The molecule has 0 atom stereocenters. The number of hydrogen-bond acceptors (Lipinski definition) is 4. The molecule has 5 nitrogen and oxygen atoms in total. The first-order valence-electron chi connectivity index (χ1n) is 5.10. The highest BCUT2D eigenvalue weighted by Crippen LogP contribution is 2.24. The van der Waals surface area contributed by atoms with Crippen molar-refractivity contribution in [3.8, 4) is 5.88 Å². The fourth-order valence-corrected chi connectivity index (χ4v) is 1.77. The normalized spacial score (nSPS) is 16.5. The molecular weight excluding hydrogens is 192 g/mol. The fraction of sp³-hybridized carbons (Fsp3) is 0.500. The SMILES string of the molecule is N=C(N)c1ccnnc1OC1CCCC1. The standard InChI is InChI=1S/C10H14N4O/c11-9(12)8-5-6-13-14-10(8)15-7-3-1-2-4-7/h5-7H,1-4H2,(H3,11,12). The van der Waals surface area contributed by atoms with E-state index in [-0.39, 0.29) is 11.9 Å². The van der Waals surface area contributed by atoms with E-state index in [0.717, 1.165) is 12.8 Å². The van der Waals surface area contributed by atoms with Crippen LogP contribution in [0.4, 0.5) is 0 Å². The Bertz CT molecular complexity index is 360. The summed E-state index contributed by atoms with van der Waals surface area (Å²) in [6.07, 6.45) is 6.21. The molecular formula is C10H14N4O. The molecule has 1 aromatic rings. The number of rotatable bonds is 3. The lowest BCUT2D eigenvalue weighted by Gasteiger charge is -2.13. The third-order valence-electron chi connectivity index (χ3n) is 2.56. The second-order valence-corrected chi connectivity index (χ2v) is 3.69. The van der Waals surface area contributed by atoms with Crippen LogP contribution in [0, 0.1) is 5.41 Å². The molecule has 1 heterocycles. The summed E-state index contributed by atoms with van der Waals surface area (Å²) < 4.78 is 5.67. The summed E-state index contributed by atoms with van der Waals surface area (Å²) in [5.74, 6) is 0.356. The second kappa shape index (κ2) is 4.25. The molecule has 0 radical (unpaired) electrons. The summed E-state index contributed by atoms with van der Waals surface area (Å²) in [5, 5.41) is 15.0. The van der Waals surface area contributed by atoms with Crippen molar-refractivity contribution in [3.05, 3.63) is 17.8 Å². The Morgan fingerprint density at radius 3 is 2.87 bits per heavy atom. The van der Waals surface area contributed by atoms with E-state index in [1.54, 1.807) is 6.07 Å². The van der Waals surface area contributed by atoms with Gasteiger partial charge >= 0.3 is 0 Å². The zero-order valence-electron chi connectivity index (χ0n) is 8.44. The molecule has 1 aromatic heterocycles. The zero-order chi connectivity index (χ0) is 10.7. The summed E-state index contributed by atoms with van der Waals surface area (Å²) in [5.41, 5.74) is 5.95. The van der Waals surface area contributed by atoms with Crippen LogP contribution in [0.1, 0.15) is 31.2 Å². The Morgan fingerprint density at radius 1 is 1.47 bits per heavy atom. The molecule has 2 rings (SSSR count). The molecule has 1 saturated carbocycles. The molecule has 15 heavy (non-hydrogen) atoms. The first-order valence-corrected chi connectivity index (χ1v) is 5.10. The third-order valence-corrected chi connectivity index (χ3v) is 2.56. The minimum atomic E-state index is -0.0297. The summed E-state index contributed by atoms with van der Waals surface area (Å²) in [6.45, 7) is 0. The van der Waals surface area contributed by atoms with Gasteiger partial charge in [0, 0.05) is 0 Å². The van der Waals surface area contributed by atoms with Crippen LogP contribution < -0.4 is 10.5 Å². The quantitative estimate of drug-likeness (QED) is 0.572. The molecule has 1 aliphatic rings. The van der Waals surface area contributed by atoms with Crippen LogP contribution in [0.25, 0.3) is 0 Å². The van der Waals surface area contributed by atoms with Gasteiger partial charge in [-0.2, -0.15) is 5.10 Å². The Morgan fingerprint density at radius 2 is 2.20 bits per heavy atom. The number of amidine groups is 1. The van der Waals surface area contributed by atoms with E-state index in [1.807, 2.05) is 0 Å². The molecule has 3 N–H and O–H groups in total. The van der Waals surface area contributed by atoms with Crippen LogP contribution >= 0.6 is 0 Å². The van der Waals surface area contributed by atoms with Gasteiger partial charge in [-0.15, -0.1) is 5.10 Å². The zero-order valence-corrected chi connectivity index (χ0v) is 8.44. The first kappa shape index (κ1) is 9.89. The number of nitrogens with one attached hydrogen (secondary N) is 1. The average Bonchev–Trinajstić information content (AvgIpc) is 2.71. The van der Waals surface area contributed by atoms with E-state index in [4.69, 9.17) is 15.9 Å². The van der Waals surface area contributed by atoms with E-state index in [1.165, 1.54) is 19.0 Å². The topological polar surface area (TPSA) is 84.9 Å². The molecule has 1 aliphatic carbocycles. The van der Waals surface area contributed by atoms with Gasteiger partial charge in [0.25, 0.3) is 0 Å². The Balaban J connectivity index is 2.15. The maximum atomic E-state index is 7.38. The van der Waals surface area contributed by atoms with Gasteiger partial charge in [-0.05, 0) is 31.7 Å². The summed E-state index contributed by atoms with van der Waals surface area (Å²) in [7, 11) is 0. The third kappa shape index (κ3) is 2.23. The predicted octanol–water partition coefficient (Wildman–Crippen LogP) is 1.08. The summed E-state index contributed by atoms with van der Waals surface area (Å²) in [4.78, 5) is 0. The molecule has 80 valence electrons. The minimum absolute atomic E-state index is 0.0297. The highest BCUT2D eigenvalue weighted by atomic mass is 16.5. The van der Waals surface area contributed by atoms with E-state index < -0.39 is 0 Å². The van der Waals surface area contributed by atoms with Crippen molar-refractivity contribution in [2.24, 2.45) is 5.73 Å². The van der Waals surface area contributed by atoms with Crippen molar-refractivity contribution >= 4 is 5.84 Å². The van der Waals surface area contributed by atoms with Gasteiger partial charge in [-0.25, -0.2) is 0 Å². The van der Waals surface area contributed by atoms with Crippen LogP contribution in [-0.2, 0) is 0 Å². The van der Waals surface area contributed by atoms with Crippen LogP contribution in [0.15, 0.2) is 12.3 Å². The van der Waals surface area contributed by atoms with Gasteiger partial charge in [0.1, 0.15) is 11.9 Å². The van der Waals surface area contributed by atoms with E-state index >= 15 is 0 Å². The van der Waals surface area contributed by atoms with E-state index in [2.05, 4.69) is 10.2 Å². The maximum Gasteiger partial charge on any atom is 0.244 e. The van der Waals surface area contributed by atoms with E-state index in [9.17, 15) is 0 Å². The van der Waals surface area contributed by atoms with Crippen molar-refractivity contribution < 1.29 is 4.74 Å². The molecule has 0 saturated heterocycles. The fourth-order valence-electron chi connectivity index (χ4n) is 1.77. The molecule has 0 bridgehead atoms. The van der Waals surface area contributed by atoms with Gasteiger partial charge in [-0.1, -0.05) is 0 Å². The first-order chi connectivity index (χ1) is 7.27. The number of hydrogen-bond donors (Lipinski definition) is 2. The number of ether oxygens (including phenoxy) is 1. The number of aromatic nitrogens is 2. The molecule has 0 spiro atoms. The van der Waals surface area contributed by atoms with Gasteiger partial charge < -0.3 is 10.5 Å². The minimum Gasteiger partial charge on any atom is -0.473 e. The predicted molar refractivity (Wildman–Crippen MR) is 55.9 cm³/mol. The number of nitrogen functional groups attached to an aromatic ring is 1. The van der Waals surface area contributed by atoms with Gasteiger partial charge in [0.05, 0.1) is 11.8 Å². The molecule has 5 heteroatoms. The smallest absolute Gasteiger partial charge is 0.244 e. The monoisotopic (exact) mass is 206 g/mol. The van der Waals surface area contributed by atoms with Gasteiger partial charge in [0.15, 0.2) is 0 Å². The molecule has 1 fully saturated rings. The highest BCUT2D eigenvalue weighted by Gasteiger charge is 2.19. The Hall–Kier alpha value is -1.65. The second-order valence-electron chi connectivity index (χ2n) is 3.69.